The maximum absolute atomic E-state index is 13.5. The molecule has 0 saturated carbocycles. The number of halogens is 1. The van der Waals surface area contributed by atoms with Gasteiger partial charge in [0.2, 0.25) is 0 Å². The number of para-hydroxylation sites is 2. The van der Waals surface area contributed by atoms with E-state index in [2.05, 4.69) is 29.0 Å². The first-order chi connectivity index (χ1) is 12.1. The normalized spacial score (nSPS) is 18.8. The highest BCUT2D eigenvalue weighted by atomic mass is 35.5. The second-order valence-corrected chi connectivity index (χ2v) is 7.36. The van der Waals surface area contributed by atoms with E-state index < -0.39 is 0 Å². The molecule has 4 rings (SSSR count). The van der Waals surface area contributed by atoms with Gasteiger partial charge in [0.1, 0.15) is 0 Å². The minimum atomic E-state index is 0.0452. The summed E-state index contributed by atoms with van der Waals surface area (Å²) in [6.45, 7) is 2.02. The average Bonchev–Trinajstić information content (AvgIpc) is 2.71. The van der Waals surface area contributed by atoms with Gasteiger partial charge in [-0.05, 0) is 63.3 Å². The van der Waals surface area contributed by atoms with Gasteiger partial charge in [0.05, 0.1) is 22.6 Å². The fourth-order valence-corrected chi connectivity index (χ4v) is 4.08. The van der Waals surface area contributed by atoms with E-state index in [4.69, 9.17) is 11.6 Å². The Hall–Kier alpha value is -2.04. The number of carbonyl (C=O) groups excluding carboxylic acids is 1. The standard InChI is InChI=1S/C20H22ClN3O/c1-22-11-9-15(10-12-22)24-19-6-4-3-5-18(19)23(2)17-8-7-14(21)13-16(17)20(24)25/h3-8,13,15H,9-12H2,1-2H3. The summed E-state index contributed by atoms with van der Waals surface area (Å²) in [5.41, 5.74) is 3.61. The van der Waals surface area contributed by atoms with E-state index in [0.717, 1.165) is 43.0 Å². The quantitative estimate of drug-likeness (QED) is 0.768. The van der Waals surface area contributed by atoms with E-state index in [-0.39, 0.29) is 11.9 Å². The Morgan fingerprint density at radius 1 is 0.960 bits per heavy atom. The second-order valence-electron chi connectivity index (χ2n) is 6.92. The summed E-state index contributed by atoms with van der Waals surface area (Å²) < 4.78 is 0. The summed E-state index contributed by atoms with van der Waals surface area (Å²) >= 11 is 6.21. The molecular formula is C20H22ClN3O. The molecule has 4 nitrogen and oxygen atoms in total. The van der Waals surface area contributed by atoms with E-state index in [9.17, 15) is 4.79 Å². The Kier molecular flexibility index (Phi) is 4.18. The molecule has 0 unspecified atom stereocenters. The number of piperidine rings is 1. The van der Waals surface area contributed by atoms with E-state index >= 15 is 0 Å². The molecule has 2 aliphatic rings. The summed E-state index contributed by atoms with van der Waals surface area (Å²) in [5.74, 6) is 0.0452. The van der Waals surface area contributed by atoms with Crippen LogP contribution in [0.5, 0.6) is 0 Å². The van der Waals surface area contributed by atoms with Gasteiger partial charge < -0.3 is 14.7 Å². The predicted molar refractivity (Wildman–Crippen MR) is 103 cm³/mol. The van der Waals surface area contributed by atoms with Gasteiger partial charge in [-0.1, -0.05) is 23.7 Å². The zero-order chi connectivity index (χ0) is 17.6. The molecule has 0 spiro atoms. The number of benzene rings is 2. The van der Waals surface area contributed by atoms with Crippen molar-refractivity contribution in [1.82, 2.24) is 4.90 Å². The number of likely N-dealkylation sites (tertiary alicyclic amines) is 1. The third-order valence-electron chi connectivity index (χ3n) is 5.33. The van der Waals surface area contributed by atoms with Crippen LogP contribution in [0.4, 0.5) is 17.1 Å². The fourth-order valence-electron chi connectivity index (χ4n) is 3.91. The molecule has 0 N–H and O–H groups in total. The molecule has 0 bridgehead atoms. The van der Waals surface area contributed by atoms with Crippen molar-refractivity contribution in [2.75, 3.05) is 37.0 Å². The van der Waals surface area contributed by atoms with Crippen LogP contribution in [0.15, 0.2) is 42.5 Å². The van der Waals surface area contributed by atoms with Crippen molar-refractivity contribution in [2.24, 2.45) is 0 Å². The molecule has 2 aromatic carbocycles. The highest BCUT2D eigenvalue weighted by Crippen LogP contribution is 2.42. The summed E-state index contributed by atoms with van der Waals surface area (Å²) in [5, 5.41) is 0.592. The molecular weight excluding hydrogens is 334 g/mol. The first-order valence-electron chi connectivity index (χ1n) is 8.70. The van der Waals surface area contributed by atoms with Gasteiger partial charge >= 0.3 is 0 Å². The number of anilines is 3. The van der Waals surface area contributed by atoms with Crippen molar-refractivity contribution < 1.29 is 4.79 Å². The lowest BCUT2D eigenvalue weighted by molar-refractivity contribution is 0.0965. The predicted octanol–water partition coefficient (Wildman–Crippen LogP) is 4.16. The molecule has 5 heteroatoms. The van der Waals surface area contributed by atoms with Gasteiger partial charge in [-0.15, -0.1) is 0 Å². The molecule has 1 amide bonds. The van der Waals surface area contributed by atoms with Crippen LogP contribution in [0.2, 0.25) is 5.02 Å². The number of carbonyl (C=O) groups is 1. The van der Waals surface area contributed by atoms with Crippen molar-refractivity contribution in [3.05, 3.63) is 53.1 Å². The van der Waals surface area contributed by atoms with Gasteiger partial charge in [0, 0.05) is 18.1 Å². The summed E-state index contributed by atoms with van der Waals surface area (Å²) in [7, 11) is 4.15. The van der Waals surface area contributed by atoms with Crippen LogP contribution in [0.1, 0.15) is 23.2 Å². The third-order valence-corrected chi connectivity index (χ3v) is 5.56. The van der Waals surface area contributed by atoms with E-state index in [1.807, 2.05) is 36.2 Å². The highest BCUT2D eigenvalue weighted by Gasteiger charge is 2.35. The first kappa shape index (κ1) is 16.4. The van der Waals surface area contributed by atoms with Crippen LogP contribution in [0.3, 0.4) is 0 Å². The second kappa shape index (κ2) is 6.36. The molecule has 1 saturated heterocycles. The van der Waals surface area contributed by atoms with Gasteiger partial charge in [-0.25, -0.2) is 0 Å². The Balaban J connectivity index is 1.87. The number of hydrogen-bond donors (Lipinski definition) is 0. The number of hydrogen-bond acceptors (Lipinski definition) is 3. The summed E-state index contributed by atoms with van der Waals surface area (Å²) in [4.78, 5) is 19.9. The Morgan fingerprint density at radius 3 is 2.36 bits per heavy atom. The third kappa shape index (κ3) is 2.79. The Bertz CT molecular complexity index is 814. The van der Waals surface area contributed by atoms with E-state index in [1.165, 1.54) is 0 Å². The molecule has 0 aromatic heterocycles. The van der Waals surface area contributed by atoms with Gasteiger partial charge in [-0.2, -0.15) is 0 Å². The summed E-state index contributed by atoms with van der Waals surface area (Å²) in [6, 6.07) is 13.9. The molecule has 0 radical (unpaired) electrons. The molecule has 0 aliphatic carbocycles. The molecule has 2 aliphatic heterocycles. The maximum atomic E-state index is 13.5. The molecule has 130 valence electrons. The Morgan fingerprint density at radius 2 is 1.64 bits per heavy atom. The van der Waals surface area contributed by atoms with E-state index in [1.54, 1.807) is 6.07 Å². The van der Waals surface area contributed by atoms with Crippen molar-refractivity contribution in [1.29, 1.82) is 0 Å². The van der Waals surface area contributed by atoms with Crippen molar-refractivity contribution in [3.8, 4) is 0 Å². The fraction of sp³-hybridized carbons (Fsp3) is 0.350. The highest BCUT2D eigenvalue weighted by molar-refractivity contribution is 6.31. The lowest BCUT2D eigenvalue weighted by Crippen LogP contribution is -2.46. The van der Waals surface area contributed by atoms with Crippen LogP contribution < -0.4 is 9.80 Å². The van der Waals surface area contributed by atoms with E-state index in [0.29, 0.717) is 10.6 Å². The molecule has 2 heterocycles. The van der Waals surface area contributed by atoms with Crippen LogP contribution >= 0.6 is 11.6 Å². The zero-order valence-corrected chi connectivity index (χ0v) is 15.3. The average molecular weight is 356 g/mol. The number of amides is 1. The zero-order valence-electron chi connectivity index (χ0n) is 14.6. The minimum absolute atomic E-state index is 0.0452. The van der Waals surface area contributed by atoms with Gasteiger partial charge in [0.15, 0.2) is 0 Å². The van der Waals surface area contributed by atoms with Crippen LogP contribution in [0.25, 0.3) is 0 Å². The van der Waals surface area contributed by atoms with Crippen molar-refractivity contribution in [2.45, 2.75) is 18.9 Å². The summed E-state index contributed by atoms with van der Waals surface area (Å²) in [6.07, 6.45) is 1.96. The maximum Gasteiger partial charge on any atom is 0.260 e. The number of nitrogens with zero attached hydrogens (tertiary/aromatic N) is 3. The monoisotopic (exact) mass is 355 g/mol. The van der Waals surface area contributed by atoms with Crippen LogP contribution in [-0.4, -0.2) is 44.0 Å². The van der Waals surface area contributed by atoms with Crippen LogP contribution in [-0.2, 0) is 0 Å². The molecule has 0 atom stereocenters. The number of rotatable bonds is 1. The van der Waals surface area contributed by atoms with Crippen molar-refractivity contribution in [3.63, 3.8) is 0 Å². The largest absolute Gasteiger partial charge is 0.342 e. The minimum Gasteiger partial charge on any atom is -0.342 e. The van der Waals surface area contributed by atoms with Crippen LogP contribution in [0, 0.1) is 0 Å². The lowest BCUT2D eigenvalue weighted by atomic mass is 10.0. The molecule has 25 heavy (non-hydrogen) atoms. The lowest BCUT2D eigenvalue weighted by Gasteiger charge is -2.37. The molecule has 2 aromatic rings. The SMILES string of the molecule is CN1CCC(N2C(=O)c3cc(Cl)ccc3N(C)c3ccccc32)CC1. The Labute approximate surface area is 153 Å². The topological polar surface area (TPSA) is 26.8 Å². The van der Waals surface area contributed by atoms with Gasteiger partial charge in [0.25, 0.3) is 5.91 Å². The molecule has 1 fully saturated rings. The van der Waals surface area contributed by atoms with Crippen molar-refractivity contribution >= 4 is 34.6 Å². The van der Waals surface area contributed by atoms with Gasteiger partial charge in [-0.3, -0.25) is 4.79 Å². The number of fused-ring (bicyclic) bond motifs is 2. The first-order valence-corrected chi connectivity index (χ1v) is 9.08. The smallest absolute Gasteiger partial charge is 0.260 e.